The summed E-state index contributed by atoms with van der Waals surface area (Å²) in [4.78, 5) is 2.18. The van der Waals surface area contributed by atoms with Crippen LogP contribution in [-0.4, -0.2) is 60.8 Å². The average Bonchev–Trinajstić information content (AvgIpc) is 3.23. The third kappa shape index (κ3) is 10.0. The van der Waals surface area contributed by atoms with Gasteiger partial charge in [0.2, 0.25) is 5.69 Å². The number of para-hydroxylation sites is 2. The first kappa shape index (κ1) is 37.8. The van der Waals surface area contributed by atoms with Crippen LogP contribution in [-0.2, 0) is 25.7 Å². The summed E-state index contributed by atoms with van der Waals surface area (Å²) in [6, 6.07) is 16.4. The molecule has 0 atom stereocenters. The van der Waals surface area contributed by atoms with Crippen LogP contribution >= 0.6 is 11.6 Å². The van der Waals surface area contributed by atoms with E-state index in [1.165, 1.54) is 5.56 Å². The van der Waals surface area contributed by atoms with Crippen LogP contribution in [0.25, 0.3) is 0 Å². The number of rotatable bonds is 15. The van der Waals surface area contributed by atoms with Crippen molar-refractivity contribution in [3.63, 3.8) is 0 Å². The minimum atomic E-state index is -4.00. The third-order valence-corrected chi connectivity index (χ3v) is 11.2. The molecule has 8 nitrogen and oxygen atoms in total. The van der Waals surface area contributed by atoms with E-state index < -0.39 is 20.2 Å². The number of allylic oxidation sites excluding steroid dienone is 8. The maximum absolute atomic E-state index is 11.3. The summed E-state index contributed by atoms with van der Waals surface area (Å²) in [5, 5.41) is 0.741. The predicted molar refractivity (Wildman–Crippen MR) is 197 cm³/mol. The molecule has 0 saturated heterocycles. The Labute approximate surface area is 291 Å². The Morgan fingerprint density at radius 1 is 0.917 bits per heavy atom. The summed E-state index contributed by atoms with van der Waals surface area (Å²) in [6.45, 7) is 9.71. The van der Waals surface area contributed by atoms with E-state index in [0.717, 1.165) is 63.8 Å². The predicted octanol–water partition coefficient (Wildman–Crippen LogP) is 8.28. The second-order valence-corrected chi connectivity index (χ2v) is 16.7. The SMILES string of the molecule is C/C(=C/C=C1\CCCC(/C=C/C2=[N+](CCCCS(=O)(=O)O)c3ccccc3C2(C)C)=C1Cl)N(CCCCS(=O)(=O)O)c1ccccc1C. The summed E-state index contributed by atoms with van der Waals surface area (Å²) in [7, 11) is -7.99. The molecule has 2 N–H and O–H groups in total. The smallest absolute Gasteiger partial charge is 0.264 e. The summed E-state index contributed by atoms with van der Waals surface area (Å²) in [5.41, 5.74) is 8.43. The van der Waals surface area contributed by atoms with Crippen LogP contribution < -0.4 is 4.90 Å². The number of anilines is 1. The minimum Gasteiger partial charge on any atom is -0.345 e. The van der Waals surface area contributed by atoms with E-state index in [0.29, 0.717) is 38.8 Å². The number of hydrogen-bond donors (Lipinski definition) is 2. The first-order valence-electron chi connectivity index (χ1n) is 16.5. The fourth-order valence-corrected chi connectivity index (χ4v) is 8.00. The topological polar surface area (TPSA) is 115 Å². The highest BCUT2D eigenvalue weighted by Gasteiger charge is 2.43. The molecule has 2 aromatic carbocycles. The molecule has 1 aliphatic carbocycles. The summed E-state index contributed by atoms with van der Waals surface area (Å²) in [6.07, 6.45) is 13.0. The molecule has 48 heavy (non-hydrogen) atoms. The molecule has 0 spiro atoms. The lowest BCUT2D eigenvalue weighted by Gasteiger charge is -2.27. The fraction of sp³-hybridized carbons (Fsp3) is 0.432. The average molecular weight is 716 g/mol. The Hall–Kier alpha value is -3.02. The summed E-state index contributed by atoms with van der Waals surface area (Å²) in [5.74, 6) is -0.508. The minimum absolute atomic E-state index is 0.251. The van der Waals surface area contributed by atoms with Gasteiger partial charge in [-0.15, -0.1) is 0 Å². The van der Waals surface area contributed by atoms with Crippen LogP contribution in [0.15, 0.2) is 94.7 Å². The highest BCUT2D eigenvalue weighted by molar-refractivity contribution is 7.86. The maximum atomic E-state index is 11.3. The molecule has 11 heteroatoms. The largest absolute Gasteiger partial charge is 0.345 e. The summed E-state index contributed by atoms with van der Waals surface area (Å²) >= 11 is 7.06. The number of aryl methyl sites for hydroxylation is 1. The van der Waals surface area contributed by atoms with Gasteiger partial charge in [-0.2, -0.15) is 21.4 Å². The van der Waals surface area contributed by atoms with Gasteiger partial charge < -0.3 is 4.90 Å². The monoisotopic (exact) mass is 715 g/mol. The molecule has 1 heterocycles. The molecule has 0 saturated carbocycles. The Bertz CT molecular complexity index is 1870. The van der Waals surface area contributed by atoms with Gasteiger partial charge in [0, 0.05) is 47.1 Å². The van der Waals surface area contributed by atoms with Crippen molar-refractivity contribution in [2.45, 2.75) is 78.1 Å². The first-order valence-corrected chi connectivity index (χ1v) is 20.1. The Morgan fingerprint density at radius 2 is 1.56 bits per heavy atom. The van der Waals surface area contributed by atoms with Gasteiger partial charge in [-0.25, -0.2) is 0 Å². The normalized spacial score (nSPS) is 17.9. The van der Waals surface area contributed by atoms with Crippen molar-refractivity contribution in [2.75, 3.05) is 29.5 Å². The Balaban J connectivity index is 1.60. The van der Waals surface area contributed by atoms with Gasteiger partial charge in [0.15, 0.2) is 5.71 Å². The second kappa shape index (κ2) is 16.1. The molecule has 260 valence electrons. The Morgan fingerprint density at radius 3 is 2.25 bits per heavy atom. The van der Waals surface area contributed by atoms with E-state index in [-0.39, 0.29) is 16.9 Å². The molecule has 1 aliphatic heterocycles. The van der Waals surface area contributed by atoms with E-state index in [9.17, 15) is 21.4 Å². The Kier molecular flexibility index (Phi) is 12.7. The lowest BCUT2D eigenvalue weighted by atomic mass is 9.81. The van der Waals surface area contributed by atoms with Crippen LogP contribution in [0, 0.1) is 6.92 Å². The van der Waals surface area contributed by atoms with Gasteiger partial charge in [-0.3, -0.25) is 9.11 Å². The van der Waals surface area contributed by atoms with Gasteiger partial charge in [0.25, 0.3) is 20.2 Å². The molecule has 0 fully saturated rings. The molecule has 4 rings (SSSR count). The number of fused-ring (bicyclic) bond motifs is 1. The molecular weight excluding hydrogens is 668 g/mol. The van der Waals surface area contributed by atoms with E-state index in [1.54, 1.807) is 0 Å². The molecule has 0 aromatic heterocycles. The maximum Gasteiger partial charge on any atom is 0.264 e. The zero-order valence-electron chi connectivity index (χ0n) is 28.3. The van der Waals surface area contributed by atoms with Gasteiger partial charge in [-0.05, 0) is 95.1 Å². The second-order valence-electron chi connectivity index (χ2n) is 13.1. The van der Waals surface area contributed by atoms with Crippen LogP contribution in [0.1, 0.15) is 76.8 Å². The van der Waals surface area contributed by atoms with Gasteiger partial charge in [0.1, 0.15) is 6.54 Å². The number of nitrogens with zero attached hydrogens (tertiary/aromatic N) is 2. The zero-order chi connectivity index (χ0) is 35.1. The lowest BCUT2D eigenvalue weighted by molar-refractivity contribution is -0.438. The number of hydrogen-bond acceptors (Lipinski definition) is 5. The van der Waals surface area contributed by atoms with Crippen LogP contribution in [0.5, 0.6) is 0 Å². The van der Waals surface area contributed by atoms with Gasteiger partial charge in [0.05, 0.1) is 16.9 Å². The van der Waals surface area contributed by atoms with Crippen LogP contribution in [0.2, 0.25) is 0 Å². The lowest BCUT2D eigenvalue weighted by Crippen LogP contribution is -2.28. The molecule has 0 bridgehead atoms. The summed E-state index contributed by atoms with van der Waals surface area (Å²) < 4.78 is 65.7. The van der Waals surface area contributed by atoms with Gasteiger partial charge >= 0.3 is 0 Å². The molecular formula is C37H48ClN2O6S2+. The van der Waals surface area contributed by atoms with Crippen molar-refractivity contribution in [2.24, 2.45) is 0 Å². The molecule has 0 unspecified atom stereocenters. The van der Waals surface area contributed by atoms with E-state index >= 15 is 0 Å². The highest BCUT2D eigenvalue weighted by atomic mass is 35.5. The quantitative estimate of drug-likeness (QED) is 0.108. The van der Waals surface area contributed by atoms with Crippen molar-refractivity contribution in [1.82, 2.24) is 0 Å². The molecule has 0 amide bonds. The van der Waals surface area contributed by atoms with Crippen molar-refractivity contribution >= 4 is 48.9 Å². The van der Waals surface area contributed by atoms with Crippen molar-refractivity contribution < 1.29 is 30.5 Å². The number of halogens is 1. The fourth-order valence-electron chi connectivity index (χ4n) is 6.54. The van der Waals surface area contributed by atoms with Crippen molar-refractivity contribution in [3.8, 4) is 0 Å². The van der Waals surface area contributed by atoms with Gasteiger partial charge in [-0.1, -0.05) is 60.2 Å². The van der Waals surface area contributed by atoms with E-state index in [4.69, 9.17) is 16.2 Å². The van der Waals surface area contributed by atoms with E-state index in [2.05, 4.69) is 78.8 Å². The zero-order valence-corrected chi connectivity index (χ0v) is 30.7. The molecule has 2 aromatic rings. The van der Waals surface area contributed by atoms with Crippen LogP contribution in [0.4, 0.5) is 11.4 Å². The van der Waals surface area contributed by atoms with Crippen LogP contribution in [0.3, 0.4) is 0 Å². The van der Waals surface area contributed by atoms with Crippen molar-refractivity contribution in [3.05, 3.63) is 106 Å². The standard InChI is InChI=1S/C37H47ClN2O6S2/c1-28-14-5-7-18-33(28)39(24-9-11-26-47(41,42)43)29(2)20-21-30-15-13-16-31(36(30)38)22-23-35-37(3,4)32-17-6-8-19-34(32)40(35)25-10-12-27-48(44,45)46/h5-8,14,17-23H,9-13,15-16,24-27H2,1-4H3,(H-,41,42,43,44,45,46)/p+1. The van der Waals surface area contributed by atoms with E-state index in [1.807, 2.05) is 31.2 Å². The number of benzene rings is 2. The van der Waals surface area contributed by atoms with Crippen molar-refractivity contribution in [1.29, 1.82) is 0 Å². The third-order valence-electron chi connectivity index (χ3n) is 9.12. The molecule has 2 aliphatic rings. The number of unbranched alkanes of at least 4 members (excludes halogenated alkanes) is 2. The highest BCUT2D eigenvalue weighted by Crippen LogP contribution is 2.41. The first-order chi connectivity index (χ1) is 22.6. The molecule has 0 radical (unpaired) electrons.